The Bertz CT molecular complexity index is 383. The molecule has 2 rings (SSSR count). The van der Waals surface area contributed by atoms with E-state index < -0.39 is 0 Å². The lowest BCUT2D eigenvalue weighted by Crippen LogP contribution is -2.55. The number of piperidine rings is 1. The van der Waals surface area contributed by atoms with Crippen LogP contribution in [0.3, 0.4) is 0 Å². The minimum Gasteiger partial charge on any atom is -0.378 e. The first-order chi connectivity index (χ1) is 9.88. The SMILES string of the molecule is CC(C)(C)CC(=O)N1CCCCC1C(=O)N1CCOCC1. The smallest absolute Gasteiger partial charge is 0.245 e. The Hall–Kier alpha value is -1.10. The summed E-state index contributed by atoms with van der Waals surface area (Å²) in [6, 6.07) is -0.258. The fourth-order valence-electron chi connectivity index (χ4n) is 3.04. The van der Waals surface area contributed by atoms with Crippen molar-refractivity contribution in [1.82, 2.24) is 9.80 Å². The monoisotopic (exact) mass is 296 g/mol. The van der Waals surface area contributed by atoms with E-state index in [4.69, 9.17) is 4.74 Å². The van der Waals surface area contributed by atoms with Crippen molar-refractivity contribution >= 4 is 11.8 Å². The van der Waals surface area contributed by atoms with E-state index in [1.165, 1.54) is 0 Å². The Balaban J connectivity index is 2.04. The molecule has 0 aromatic heterocycles. The van der Waals surface area contributed by atoms with Crippen LogP contribution in [0, 0.1) is 5.41 Å². The molecule has 0 N–H and O–H groups in total. The lowest BCUT2D eigenvalue weighted by atomic mass is 9.90. The Morgan fingerprint density at radius 2 is 1.76 bits per heavy atom. The van der Waals surface area contributed by atoms with Crippen LogP contribution in [-0.4, -0.2) is 60.5 Å². The summed E-state index contributed by atoms with van der Waals surface area (Å²) in [5.74, 6) is 0.231. The molecule has 1 unspecified atom stereocenters. The standard InChI is InChI=1S/C16H28N2O3/c1-16(2,3)12-14(19)18-7-5-4-6-13(18)15(20)17-8-10-21-11-9-17/h13H,4-12H2,1-3H3. The molecule has 0 aliphatic carbocycles. The number of amides is 2. The van der Waals surface area contributed by atoms with Crippen LogP contribution in [0.15, 0.2) is 0 Å². The van der Waals surface area contributed by atoms with Gasteiger partial charge in [-0.05, 0) is 24.7 Å². The molecule has 2 aliphatic rings. The zero-order valence-corrected chi connectivity index (χ0v) is 13.6. The van der Waals surface area contributed by atoms with Gasteiger partial charge in [-0.25, -0.2) is 0 Å². The molecule has 0 bridgehead atoms. The molecule has 2 saturated heterocycles. The topological polar surface area (TPSA) is 49.9 Å². The number of ether oxygens (including phenoxy) is 1. The van der Waals surface area contributed by atoms with Crippen molar-refractivity contribution in [3.63, 3.8) is 0 Å². The molecule has 0 aromatic carbocycles. The lowest BCUT2D eigenvalue weighted by molar-refractivity contribution is -0.151. The maximum absolute atomic E-state index is 12.7. The van der Waals surface area contributed by atoms with Crippen LogP contribution >= 0.6 is 0 Å². The van der Waals surface area contributed by atoms with Gasteiger partial charge in [-0.1, -0.05) is 20.8 Å². The van der Waals surface area contributed by atoms with E-state index in [1.807, 2.05) is 9.80 Å². The zero-order valence-electron chi connectivity index (χ0n) is 13.6. The number of rotatable bonds is 2. The molecule has 120 valence electrons. The molecule has 0 radical (unpaired) electrons. The molecule has 5 nitrogen and oxygen atoms in total. The van der Waals surface area contributed by atoms with Gasteiger partial charge in [0.05, 0.1) is 13.2 Å². The number of hydrogen-bond donors (Lipinski definition) is 0. The molecular weight excluding hydrogens is 268 g/mol. The van der Waals surface area contributed by atoms with Gasteiger partial charge in [0, 0.05) is 26.1 Å². The van der Waals surface area contributed by atoms with Crippen molar-refractivity contribution in [1.29, 1.82) is 0 Å². The van der Waals surface area contributed by atoms with Crippen molar-refractivity contribution in [3.8, 4) is 0 Å². The van der Waals surface area contributed by atoms with E-state index in [0.717, 1.165) is 25.8 Å². The first-order valence-electron chi connectivity index (χ1n) is 8.04. The summed E-state index contributed by atoms with van der Waals surface area (Å²) in [6.45, 7) is 9.42. The minimum atomic E-state index is -0.258. The number of nitrogens with zero attached hydrogens (tertiary/aromatic N) is 2. The molecule has 2 fully saturated rings. The Morgan fingerprint density at radius 3 is 2.38 bits per heavy atom. The highest BCUT2D eigenvalue weighted by Gasteiger charge is 2.36. The summed E-state index contributed by atoms with van der Waals surface area (Å²) in [5.41, 5.74) is -0.0406. The van der Waals surface area contributed by atoms with E-state index in [2.05, 4.69) is 20.8 Å². The van der Waals surface area contributed by atoms with E-state index in [0.29, 0.717) is 32.7 Å². The third kappa shape index (κ3) is 4.43. The van der Waals surface area contributed by atoms with Crippen molar-refractivity contribution < 1.29 is 14.3 Å². The van der Waals surface area contributed by atoms with Crippen molar-refractivity contribution in [2.24, 2.45) is 5.41 Å². The van der Waals surface area contributed by atoms with E-state index in [1.54, 1.807) is 0 Å². The normalized spacial score (nSPS) is 24.0. The van der Waals surface area contributed by atoms with Gasteiger partial charge in [0.25, 0.3) is 0 Å². The van der Waals surface area contributed by atoms with E-state index >= 15 is 0 Å². The molecule has 0 aromatic rings. The molecule has 1 atom stereocenters. The second-order valence-electron chi connectivity index (χ2n) is 7.27. The molecule has 0 spiro atoms. The summed E-state index contributed by atoms with van der Waals surface area (Å²) in [4.78, 5) is 28.9. The van der Waals surface area contributed by atoms with Gasteiger partial charge in [-0.15, -0.1) is 0 Å². The predicted molar refractivity (Wildman–Crippen MR) is 80.8 cm³/mol. The summed E-state index contributed by atoms with van der Waals surface area (Å²) < 4.78 is 5.30. The maximum Gasteiger partial charge on any atom is 0.245 e. The van der Waals surface area contributed by atoms with Crippen molar-refractivity contribution in [2.75, 3.05) is 32.8 Å². The average molecular weight is 296 g/mol. The van der Waals surface area contributed by atoms with Gasteiger partial charge < -0.3 is 14.5 Å². The van der Waals surface area contributed by atoms with Crippen LogP contribution in [0.5, 0.6) is 0 Å². The molecule has 21 heavy (non-hydrogen) atoms. The Labute approximate surface area is 127 Å². The van der Waals surface area contributed by atoms with Crippen LogP contribution in [0.2, 0.25) is 0 Å². The zero-order chi connectivity index (χ0) is 15.5. The summed E-state index contributed by atoms with van der Waals surface area (Å²) in [5, 5.41) is 0. The van der Waals surface area contributed by atoms with Crippen LogP contribution < -0.4 is 0 Å². The fraction of sp³-hybridized carbons (Fsp3) is 0.875. The Kier molecular flexibility index (Phi) is 5.25. The fourth-order valence-corrected chi connectivity index (χ4v) is 3.04. The highest BCUT2D eigenvalue weighted by molar-refractivity contribution is 5.88. The molecule has 2 heterocycles. The summed E-state index contributed by atoms with van der Waals surface area (Å²) in [6.07, 6.45) is 3.33. The Morgan fingerprint density at radius 1 is 1.10 bits per heavy atom. The van der Waals surface area contributed by atoms with Crippen LogP contribution in [-0.2, 0) is 14.3 Å². The highest BCUT2D eigenvalue weighted by atomic mass is 16.5. The number of likely N-dealkylation sites (tertiary alicyclic amines) is 1. The largest absolute Gasteiger partial charge is 0.378 e. The van der Waals surface area contributed by atoms with E-state index in [-0.39, 0.29) is 23.3 Å². The van der Waals surface area contributed by atoms with Gasteiger partial charge in [-0.2, -0.15) is 0 Å². The van der Waals surface area contributed by atoms with Crippen molar-refractivity contribution in [3.05, 3.63) is 0 Å². The number of carbonyl (C=O) groups excluding carboxylic acids is 2. The van der Waals surface area contributed by atoms with Gasteiger partial charge in [0.2, 0.25) is 11.8 Å². The van der Waals surface area contributed by atoms with E-state index in [9.17, 15) is 9.59 Å². The maximum atomic E-state index is 12.7. The van der Waals surface area contributed by atoms with Crippen LogP contribution in [0.1, 0.15) is 46.5 Å². The second-order valence-corrected chi connectivity index (χ2v) is 7.27. The number of carbonyl (C=O) groups is 2. The quantitative estimate of drug-likeness (QED) is 0.779. The summed E-state index contributed by atoms with van der Waals surface area (Å²) in [7, 11) is 0. The number of morpholine rings is 1. The van der Waals surface area contributed by atoms with Crippen LogP contribution in [0.4, 0.5) is 0 Å². The van der Waals surface area contributed by atoms with Gasteiger partial charge in [0.15, 0.2) is 0 Å². The third-order valence-corrected chi connectivity index (χ3v) is 4.11. The van der Waals surface area contributed by atoms with Gasteiger partial charge in [0.1, 0.15) is 6.04 Å². The molecular formula is C16H28N2O3. The summed E-state index contributed by atoms with van der Waals surface area (Å²) >= 11 is 0. The van der Waals surface area contributed by atoms with Crippen LogP contribution in [0.25, 0.3) is 0 Å². The average Bonchev–Trinajstić information content (AvgIpc) is 2.45. The van der Waals surface area contributed by atoms with Gasteiger partial charge in [-0.3, -0.25) is 9.59 Å². The second kappa shape index (κ2) is 6.77. The van der Waals surface area contributed by atoms with Crippen molar-refractivity contribution in [2.45, 2.75) is 52.5 Å². The first kappa shape index (κ1) is 16.3. The third-order valence-electron chi connectivity index (χ3n) is 4.11. The number of hydrogen-bond acceptors (Lipinski definition) is 3. The highest BCUT2D eigenvalue weighted by Crippen LogP contribution is 2.25. The first-order valence-corrected chi connectivity index (χ1v) is 8.04. The minimum absolute atomic E-state index is 0.0406. The van der Waals surface area contributed by atoms with Gasteiger partial charge >= 0.3 is 0 Å². The molecule has 2 aliphatic heterocycles. The predicted octanol–water partition coefficient (Wildman–Crippen LogP) is 1.66. The lowest BCUT2D eigenvalue weighted by Gasteiger charge is -2.39. The molecule has 0 saturated carbocycles. The molecule has 5 heteroatoms. The molecule has 2 amide bonds.